The third-order valence-electron chi connectivity index (χ3n) is 1.86. The van der Waals surface area contributed by atoms with E-state index in [1.54, 1.807) is 6.07 Å². The molecular formula is C10H14N2O2. The molecule has 0 saturated carbocycles. The van der Waals surface area contributed by atoms with E-state index in [1.165, 1.54) is 7.11 Å². The number of benzene rings is 1. The molecule has 0 spiro atoms. The third kappa shape index (κ3) is 2.65. The van der Waals surface area contributed by atoms with E-state index < -0.39 is 0 Å². The number of hydrogen-bond donors (Lipinski definition) is 2. The van der Waals surface area contributed by atoms with Gasteiger partial charge in [-0.3, -0.25) is 4.79 Å². The molecule has 4 heteroatoms. The molecule has 0 heterocycles. The summed E-state index contributed by atoms with van der Waals surface area (Å²) in [5.74, 6) is -0.314. The first-order chi connectivity index (χ1) is 6.63. The topological polar surface area (TPSA) is 64.3 Å². The van der Waals surface area contributed by atoms with Gasteiger partial charge in [0.1, 0.15) is 6.54 Å². The number of nitrogen functional groups attached to an aromatic ring is 1. The number of carbonyl (C=O) groups is 1. The van der Waals surface area contributed by atoms with Gasteiger partial charge in [-0.05, 0) is 24.6 Å². The summed E-state index contributed by atoms with van der Waals surface area (Å²) in [6, 6.07) is 5.60. The molecule has 76 valence electrons. The predicted octanol–water partition coefficient (Wildman–Crippen LogP) is 1.16. The standard InChI is InChI=1S/C10H14N2O2/c1-7-3-4-8(11)9(5-7)12-6-10(13)14-2/h3-5,12H,6,11H2,1-2H3. The van der Waals surface area contributed by atoms with E-state index in [2.05, 4.69) is 10.1 Å². The molecule has 4 nitrogen and oxygen atoms in total. The first-order valence-corrected chi connectivity index (χ1v) is 4.30. The van der Waals surface area contributed by atoms with E-state index in [0.29, 0.717) is 5.69 Å². The van der Waals surface area contributed by atoms with Gasteiger partial charge in [-0.2, -0.15) is 0 Å². The van der Waals surface area contributed by atoms with E-state index in [-0.39, 0.29) is 12.5 Å². The Morgan fingerprint density at radius 3 is 2.93 bits per heavy atom. The molecule has 1 rings (SSSR count). The Kier molecular flexibility index (Phi) is 3.34. The highest BCUT2D eigenvalue weighted by molar-refractivity contribution is 5.77. The van der Waals surface area contributed by atoms with Crippen LogP contribution in [-0.4, -0.2) is 19.6 Å². The fraction of sp³-hybridized carbons (Fsp3) is 0.300. The van der Waals surface area contributed by atoms with Crippen molar-refractivity contribution in [1.82, 2.24) is 0 Å². The molecule has 0 unspecified atom stereocenters. The van der Waals surface area contributed by atoms with Crippen LogP contribution in [0.3, 0.4) is 0 Å². The molecular weight excluding hydrogens is 180 g/mol. The van der Waals surface area contributed by atoms with Gasteiger partial charge in [0.2, 0.25) is 0 Å². The SMILES string of the molecule is COC(=O)CNc1cc(C)ccc1N. The third-order valence-corrected chi connectivity index (χ3v) is 1.86. The lowest BCUT2D eigenvalue weighted by Crippen LogP contribution is -2.15. The molecule has 0 amide bonds. The minimum absolute atomic E-state index is 0.129. The highest BCUT2D eigenvalue weighted by atomic mass is 16.5. The Balaban J connectivity index is 2.66. The minimum Gasteiger partial charge on any atom is -0.468 e. The van der Waals surface area contributed by atoms with Gasteiger partial charge in [-0.25, -0.2) is 0 Å². The number of hydrogen-bond acceptors (Lipinski definition) is 4. The van der Waals surface area contributed by atoms with E-state index in [9.17, 15) is 4.79 Å². The van der Waals surface area contributed by atoms with Crippen molar-refractivity contribution in [2.24, 2.45) is 0 Å². The number of nitrogens with one attached hydrogen (secondary N) is 1. The predicted molar refractivity (Wildman–Crippen MR) is 56.1 cm³/mol. The summed E-state index contributed by atoms with van der Waals surface area (Å²) in [7, 11) is 1.35. The van der Waals surface area contributed by atoms with Crippen molar-refractivity contribution in [1.29, 1.82) is 0 Å². The number of methoxy groups -OCH3 is 1. The molecule has 0 radical (unpaired) electrons. The van der Waals surface area contributed by atoms with E-state index in [1.807, 2.05) is 19.1 Å². The summed E-state index contributed by atoms with van der Waals surface area (Å²) in [6.07, 6.45) is 0. The number of carbonyl (C=O) groups excluding carboxylic acids is 1. The highest BCUT2D eigenvalue weighted by Gasteiger charge is 2.02. The number of anilines is 2. The molecule has 0 fully saturated rings. The van der Waals surface area contributed by atoms with Gasteiger partial charge < -0.3 is 15.8 Å². The van der Waals surface area contributed by atoms with Crippen LogP contribution in [0.2, 0.25) is 0 Å². The van der Waals surface area contributed by atoms with Crippen molar-refractivity contribution < 1.29 is 9.53 Å². The summed E-state index contributed by atoms with van der Waals surface area (Å²) in [5.41, 5.74) is 8.18. The molecule has 3 N–H and O–H groups in total. The number of aryl methyl sites for hydroxylation is 1. The van der Waals surface area contributed by atoms with Crippen molar-refractivity contribution in [3.05, 3.63) is 23.8 Å². The monoisotopic (exact) mass is 194 g/mol. The maximum atomic E-state index is 10.9. The van der Waals surface area contributed by atoms with Gasteiger partial charge in [0, 0.05) is 0 Å². The van der Waals surface area contributed by atoms with Crippen LogP contribution < -0.4 is 11.1 Å². The highest BCUT2D eigenvalue weighted by Crippen LogP contribution is 2.18. The average Bonchev–Trinajstić information content (AvgIpc) is 2.19. The molecule has 0 atom stereocenters. The molecule has 0 aliphatic heterocycles. The van der Waals surface area contributed by atoms with Crippen LogP contribution in [0.25, 0.3) is 0 Å². The number of ether oxygens (including phenoxy) is 1. The van der Waals surface area contributed by atoms with E-state index in [0.717, 1.165) is 11.3 Å². The Morgan fingerprint density at radius 2 is 2.29 bits per heavy atom. The van der Waals surface area contributed by atoms with Gasteiger partial charge >= 0.3 is 5.97 Å². The van der Waals surface area contributed by atoms with Gasteiger partial charge in [-0.1, -0.05) is 6.07 Å². The molecule has 0 saturated heterocycles. The summed E-state index contributed by atoms with van der Waals surface area (Å²) in [4.78, 5) is 10.9. The lowest BCUT2D eigenvalue weighted by atomic mass is 10.2. The fourth-order valence-corrected chi connectivity index (χ4v) is 1.06. The van der Waals surface area contributed by atoms with Gasteiger partial charge in [0.15, 0.2) is 0 Å². The lowest BCUT2D eigenvalue weighted by molar-refractivity contribution is -0.138. The zero-order valence-electron chi connectivity index (χ0n) is 8.33. The smallest absolute Gasteiger partial charge is 0.325 e. The first kappa shape index (κ1) is 10.4. The molecule has 0 aromatic heterocycles. The van der Waals surface area contributed by atoms with Crippen molar-refractivity contribution in [2.75, 3.05) is 24.7 Å². The summed E-state index contributed by atoms with van der Waals surface area (Å²) in [5, 5.41) is 2.90. The number of rotatable bonds is 3. The Hall–Kier alpha value is -1.71. The number of esters is 1. The Labute approximate surface area is 83.1 Å². The second-order valence-electron chi connectivity index (χ2n) is 3.02. The molecule has 1 aromatic rings. The average molecular weight is 194 g/mol. The van der Waals surface area contributed by atoms with E-state index in [4.69, 9.17) is 5.73 Å². The number of nitrogens with two attached hydrogens (primary N) is 1. The molecule has 0 bridgehead atoms. The second kappa shape index (κ2) is 4.50. The summed E-state index contributed by atoms with van der Waals surface area (Å²) < 4.78 is 4.50. The van der Waals surface area contributed by atoms with E-state index >= 15 is 0 Å². The van der Waals surface area contributed by atoms with Crippen molar-refractivity contribution >= 4 is 17.3 Å². The summed E-state index contributed by atoms with van der Waals surface area (Å²) >= 11 is 0. The molecule has 1 aromatic carbocycles. The van der Waals surface area contributed by atoms with Gasteiger partial charge in [0.05, 0.1) is 18.5 Å². The molecule has 0 aliphatic rings. The maximum absolute atomic E-state index is 10.9. The normalized spacial score (nSPS) is 9.57. The quantitative estimate of drug-likeness (QED) is 0.560. The van der Waals surface area contributed by atoms with Crippen LogP contribution in [0.15, 0.2) is 18.2 Å². The maximum Gasteiger partial charge on any atom is 0.325 e. The zero-order valence-corrected chi connectivity index (χ0v) is 8.33. The Bertz CT molecular complexity index is 337. The second-order valence-corrected chi connectivity index (χ2v) is 3.02. The van der Waals surface area contributed by atoms with Crippen LogP contribution in [-0.2, 0) is 9.53 Å². The Morgan fingerprint density at radius 1 is 1.57 bits per heavy atom. The van der Waals surface area contributed by atoms with Gasteiger partial charge in [0.25, 0.3) is 0 Å². The first-order valence-electron chi connectivity index (χ1n) is 4.30. The molecule has 14 heavy (non-hydrogen) atoms. The largest absolute Gasteiger partial charge is 0.468 e. The van der Waals surface area contributed by atoms with Crippen LogP contribution in [0.1, 0.15) is 5.56 Å². The zero-order chi connectivity index (χ0) is 10.6. The lowest BCUT2D eigenvalue weighted by Gasteiger charge is -2.08. The van der Waals surface area contributed by atoms with Crippen LogP contribution in [0, 0.1) is 6.92 Å². The van der Waals surface area contributed by atoms with Crippen LogP contribution >= 0.6 is 0 Å². The van der Waals surface area contributed by atoms with Gasteiger partial charge in [-0.15, -0.1) is 0 Å². The van der Waals surface area contributed by atoms with Crippen LogP contribution in [0.5, 0.6) is 0 Å². The van der Waals surface area contributed by atoms with Crippen molar-refractivity contribution in [2.45, 2.75) is 6.92 Å². The summed E-state index contributed by atoms with van der Waals surface area (Å²) in [6.45, 7) is 2.09. The fourth-order valence-electron chi connectivity index (χ4n) is 1.06. The van der Waals surface area contributed by atoms with Crippen LogP contribution in [0.4, 0.5) is 11.4 Å². The van der Waals surface area contributed by atoms with Crippen molar-refractivity contribution in [3.63, 3.8) is 0 Å². The van der Waals surface area contributed by atoms with Crippen molar-refractivity contribution in [3.8, 4) is 0 Å². The molecule has 0 aliphatic carbocycles. The minimum atomic E-state index is -0.314.